The Morgan fingerprint density at radius 1 is 1.06 bits per heavy atom. The lowest BCUT2D eigenvalue weighted by Crippen LogP contribution is -2.35. The smallest absolute Gasteiger partial charge is 0.260 e. The number of aromatic amines is 1. The van der Waals surface area contributed by atoms with Gasteiger partial charge in [-0.1, -0.05) is 37.1 Å². The zero-order valence-electron chi connectivity index (χ0n) is 21.0. The summed E-state index contributed by atoms with van der Waals surface area (Å²) in [5, 5.41) is 4.68. The van der Waals surface area contributed by atoms with Gasteiger partial charge in [0.2, 0.25) is 0 Å². The number of carbonyl (C=O) groups excluding carboxylic acids is 1. The van der Waals surface area contributed by atoms with Crippen molar-refractivity contribution >= 4 is 22.6 Å². The molecule has 1 aliphatic heterocycles. The largest absolute Gasteiger partial charge is 0.484 e. The standard InChI is InChI=1S/C29H33N5O2/c1-20(23-8-7-9-25(16-23)36-19-29(35)34-14-5-3-4-6-15-34)31-28-18-27(32-21(2)33-28)24-11-10-22-12-13-30-26(22)17-24/h7-13,16-18,20,30H,3-6,14-15,19H2,1-2H3,(H,31,32,33). The zero-order valence-corrected chi connectivity index (χ0v) is 21.0. The molecule has 0 bridgehead atoms. The number of likely N-dealkylation sites (tertiary alicyclic amines) is 1. The topological polar surface area (TPSA) is 83.1 Å². The summed E-state index contributed by atoms with van der Waals surface area (Å²) in [6, 6.07) is 18.2. The van der Waals surface area contributed by atoms with Gasteiger partial charge in [-0.3, -0.25) is 4.79 Å². The van der Waals surface area contributed by atoms with Gasteiger partial charge in [0.25, 0.3) is 5.91 Å². The van der Waals surface area contributed by atoms with E-state index in [2.05, 4.69) is 57.5 Å². The molecule has 0 saturated carbocycles. The van der Waals surface area contributed by atoms with Crippen LogP contribution in [0.5, 0.6) is 5.75 Å². The van der Waals surface area contributed by atoms with Crippen LogP contribution in [0.25, 0.3) is 22.2 Å². The van der Waals surface area contributed by atoms with E-state index < -0.39 is 0 Å². The highest BCUT2D eigenvalue weighted by atomic mass is 16.5. The predicted molar refractivity (Wildman–Crippen MR) is 143 cm³/mol. The highest BCUT2D eigenvalue weighted by molar-refractivity contribution is 5.84. The number of hydrogen-bond donors (Lipinski definition) is 2. The number of hydrogen-bond acceptors (Lipinski definition) is 5. The van der Waals surface area contributed by atoms with E-state index in [-0.39, 0.29) is 18.6 Å². The van der Waals surface area contributed by atoms with Gasteiger partial charge in [0, 0.05) is 36.4 Å². The third kappa shape index (κ3) is 5.67. The fourth-order valence-electron chi connectivity index (χ4n) is 4.73. The Bertz CT molecular complexity index is 1340. The van der Waals surface area contributed by atoms with Gasteiger partial charge in [0.1, 0.15) is 17.4 Å². The molecule has 4 aromatic rings. The van der Waals surface area contributed by atoms with E-state index in [0.717, 1.165) is 54.1 Å². The number of H-pyrrole nitrogens is 1. The molecule has 1 amide bonds. The summed E-state index contributed by atoms with van der Waals surface area (Å²) in [4.78, 5) is 27.1. The second kappa shape index (κ2) is 10.8. The molecule has 0 radical (unpaired) electrons. The highest BCUT2D eigenvalue weighted by Crippen LogP contribution is 2.27. The van der Waals surface area contributed by atoms with Gasteiger partial charge in [-0.2, -0.15) is 0 Å². The molecule has 0 aliphatic carbocycles. The molecule has 2 aromatic heterocycles. The molecule has 1 atom stereocenters. The number of rotatable bonds is 7. The van der Waals surface area contributed by atoms with E-state index in [4.69, 9.17) is 4.74 Å². The summed E-state index contributed by atoms with van der Waals surface area (Å²) >= 11 is 0. The number of aromatic nitrogens is 3. The number of carbonyl (C=O) groups is 1. The van der Waals surface area contributed by atoms with Crippen LogP contribution in [0.15, 0.2) is 60.8 Å². The van der Waals surface area contributed by atoms with Gasteiger partial charge in [-0.25, -0.2) is 9.97 Å². The van der Waals surface area contributed by atoms with Crippen LogP contribution >= 0.6 is 0 Å². The van der Waals surface area contributed by atoms with Crippen molar-refractivity contribution in [1.29, 1.82) is 0 Å². The number of nitrogens with zero attached hydrogens (tertiary/aromatic N) is 3. The summed E-state index contributed by atoms with van der Waals surface area (Å²) < 4.78 is 5.88. The van der Waals surface area contributed by atoms with Crippen molar-refractivity contribution in [3.63, 3.8) is 0 Å². The first-order valence-corrected chi connectivity index (χ1v) is 12.8. The second-order valence-corrected chi connectivity index (χ2v) is 9.49. The minimum Gasteiger partial charge on any atom is -0.484 e. The molecule has 7 heteroatoms. The third-order valence-corrected chi connectivity index (χ3v) is 6.73. The normalized spacial score (nSPS) is 14.9. The molecular weight excluding hydrogens is 450 g/mol. The van der Waals surface area contributed by atoms with E-state index in [0.29, 0.717) is 11.6 Å². The lowest BCUT2D eigenvalue weighted by molar-refractivity contribution is -0.133. The quantitative estimate of drug-likeness (QED) is 0.343. The molecule has 1 aliphatic rings. The number of aryl methyl sites for hydroxylation is 1. The summed E-state index contributed by atoms with van der Waals surface area (Å²) in [6.07, 6.45) is 6.50. The van der Waals surface area contributed by atoms with Crippen molar-refractivity contribution in [2.24, 2.45) is 0 Å². The maximum atomic E-state index is 12.6. The Balaban J connectivity index is 1.26. The van der Waals surface area contributed by atoms with Gasteiger partial charge in [0.15, 0.2) is 6.61 Å². The molecule has 2 N–H and O–H groups in total. The molecular formula is C29H33N5O2. The first-order chi connectivity index (χ1) is 17.5. The van der Waals surface area contributed by atoms with Crippen LogP contribution in [0.1, 0.15) is 50.0 Å². The van der Waals surface area contributed by atoms with Gasteiger partial charge in [-0.15, -0.1) is 0 Å². The van der Waals surface area contributed by atoms with Gasteiger partial charge in [0.05, 0.1) is 11.7 Å². The second-order valence-electron chi connectivity index (χ2n) is 9.49. The van der Waals surface area contributed by atoms with Crippen molar-refractivity contribution in [2.75, 3.05) is 25.0 Å². The highest BCUT2D eigenvalue weighted by Gasteiger charge is 2.16. The minimum atomic E-state index is -0.0112. The number of ether oxygens (including phenoxy) is 1. The summed E-state index contributed by atoms with van der Waals surface area (Å²) in [5.74, 6) is 2.23. The van der Waals surface area contributed by atoms with E-state index in [1.165, 1.54) is 18.2 Å². The summed E-state index contributed by atoms with van der Waals surface area (Å²) in [7, 11) is 0. The lowest BCUT2D eigenvalue weighted by atomic mass is 10.1. The summed E-state index contributed by atoms with van der Waals surface area (Å²) in [6.45, 7) is 5.74. The molecule has 2 aromatic carbocycles. The molecule has 1 saturated heterocycles. The van der Waals surface area contributed by atoms with Crippen LogP contribution < -0.4 is 10.1 Å². The van der Waals surface area contributed by atoms with Crippen LogP contribution in [0, 0.1) is 6.92 Å². The van der Waals surface area contributed by atoms with Crippen LogP contribution in [0.3, 0.4) is 0 Å². The third-order valence-electron chi connectivity index (χ3n) is 6.73. The van der Waals surface area contributed by atoms with Crippen LogP contribution in [-0.2, 0) is 4.79 Å². The number of amides is 1. The average Bonchev–Trinajstić information content (AvgIpc) is 3.18. The van der Waals surface area contributed by atoms with E-state index in [9.17, 15) is 4.79 Å². The van der Waals surface area contributed by atoms with Crippen molar-refractivity contribution in [1.82, 2.24) is 19.9 Å². The van der Waals surface area contributed by atoms with Gasteiger partial charge in [-0.05, 0) is 61.9 Å². The molecule has 5 rings (SSSR count). The fourth-order valence-corrected chi connectivity index (χ4v) is 4.73. The fraction of sp³-hybridized carbons (Fsp3) is 0.345. The monoisotopic (exact) mass is 483 g/mol. The number of anilines is 1. The first kappa shape index (κ1) is 23.9. The zero-order chi connectivity index (χ0) is 24.9. The van der Waals surface area contributed by atoms with Gasteiger partial charge >= 0.3 is 0 Å². The molecule has 186 valence electrons. The van der Waals surface area contributed by atoms with Crippen LogP contribution in [-0.4, -0.2) is 45.5 Å². The maximum Gasteiger partial charge on any atom is 0.260 e. The minimum absolute atomic E-state index is 0.0112. The average molecular weight is 484 g/mol. The van der Waals surface area contributed by atoms with E-state index >= 15 is 0 Å². The molecule has 0 spiro atoms. The van der Waals surface area contributed by atoms with Crippen molar-refractivity contribution in [2.45, 2.75) is 45.6 Å². The predicted octanol–water partition coefficient (Wildman–Crippen LogP) is 5.89. The molecule has 3 heterocycles. The maximum absolute atomic E-state index is 12.6. The Morgan fingerprint density at radius 2 is 1.89 bits per heavy atom. The first-order valence-electron chi connectivity index (χ1n) is 12.8. The van der Waals surface area contributed by atoms with Gasteiger partial charge < -0.3 is 19.9 Å². The Morgan fingerprint density at radius 3 is 2.72 bits per heavy atom. The number of fused-ring (bicyclic) bond motifs is 1. The molecule has 36 heavy (non-hydrogen) atoms. The van der Waals surface area contributed by atoms with Crippen molar-refractivity contribution in [3.05, 3.63) is 72.2 Å². The van der Waals surface area contributed by atoms with Crippen molar-refractivity contribution in [3.8, 4) is 17.0 Å². The number of benzene rings is 2. The Labute approximate surface area is 211 Å². The summed E-state index contributed by atoms with van der Waals surface area (Å²) in [5.41, 5.74) is 4.05. The van der Waals surface area contributed by atoms with E-state index in [1.54, 1.807) is 0 Å². The van der Waals surface area contributed by atoms with Crippen molar-refractivity contribution < 1.29 is 9.53 Å². The Hall–Kier alpha value is -3.87. The Kier molecular flexibility index (Phi) is 7.16. The molecule has 1 fully saturated rings. The lowest BCUT2D eigenvalue weighted by Gasteiger charge is -2.21. The molecule has 1 unspecified atom stereocenters. The van der Waals surface area contributed by atoms with Crippen LogP contribution in [0.2, 0.25) is 0 Å². The molecule has 7 nitrogen and oxygen atoms in total. The van der Waals surface area contributed by atoms with E-state index in [1.807, 2.05) is 42.3 Å². The number of nitrogens with one attached hydrogen (secondary N) is 2. The van der Waals surface area contributed by atoms with Crippen LogP contribution in [0.4, 0.5) is 5.82 Å². The SMILES string of the molecule is Cc1nc(NC(C)c2cccc(OCC(=O)N3CCCCCC3)c2)cc(-c2ccc3cc[nH]c3c2)n1.